The maximum atomic E-state index is 11.4. The summed E-state index contributed by atoms with van der Waals surface area (Å²) in [5, 5.41) is 6.59. The molecular formula is C12H13ClN2O3. The van der Waals surface area contributed by atoms with E-state index in [9.17, 15) is 4.79 Å². The van der Waals surface area contributed by atoms with Gasteiger partial charge in [0.05, 0.1) is 6.54 Å². The average Bonchev–Trinajstić information content (AvgIpc) is 2.81. The fraction of sp³-hybridized carbons (Fsp3) is 0.333. The molecule has 0 bridgehead atoms. The van der Waals surface area contributed by atoms with Crippen LogP contribution in [0.1, 0.15) is 12.0 Å². The van der Waals surface area contributed by atoms with Crippen LogP contribution in [0.5, 0.6) is 0 Å². The van der Waals surface area contributed by atoms with E-state index in [2.05, 4.69) is 10.5 Å². The van der Waals surface area contributed by atoms with Crippen molar-refractivity contribution in [3.63, 3.8) is 0 Å². The van der Waals surface area contributed by atoms with Crippen LogP contribution in [-0.4, -0.2) is 23.9 Å². The Morgan fingerprint density at radius 1 is 1.50 bits per heavy atom. The smallest absolute Gasteiger partial charge is 0.407 e. The van der Waals surface area contributed by atoms with Crippen LogP contribution in [0.4, 0.5) is 4.79 Å². The van der Waals surface area contributed by atoms with Crippen molar-refractivity contribution in [2.75, 3.05) is 6.54 Å². The van der Waals surface area contributed by atoms with E-state index in [4.69, 9.17) is 21.2 Å². The van der Waals surface area contributed by atoms with Gasteiger partial charge >= 0.3 is 6.09 Å². The molecule has 1 aromatic carbocycles. The van der Waals surface area contributed by atoms with Crippen LogP contribution in [0.25, 0.3) is 0 Å². The second-order valence-corrected chi connectivity index (χ2v) is 4.28. The monoisotopic (exact) mass is 268 g/mol. The van der Waals surface area contributed by atoms with Gasteiger partial charge < -0.3 is 14.9 Å². The summed E-state index contributed by atoms with van der Waals surface area (Å²) in [4.78, 5) is 16.4. The number of nitrogens with zero attached hydrogens (tertiary/aromatic N) is 1. The molecule has 0 fully saturated rings. The Morgan fingerprint density at radius 3 is 2.94 bits per heavy atom. The number of rotatable bonds is 4. The molecule has 5 nitrogen and oxygen atoms in total. The molecule has 18 heavy (non-hydrogen) atoms. The highest BCUT2D eigenvalue weighted by Crippen LogP contribution is 2.11. The predicted molar refractivity (Wildman–Crippen MR) is 67.4 cm³/mol. The summed E-state index contributed by atoms with van der Waals surface area (Å²) >= 11 is 5.64. The van der Waals surface area contributed by atoms with Crippen molar-refractivity contribution in [3.05, 3.63) is 35.9 Å². The van der Waals surface area contributed by atoms with E-state index in [0.29, 0.717) is 18.1 Å². The quantitative estimate of drug-likeness (QED) is 0.911. The van der Waals surface area contributed by atoms with Gasteiger partial charge in [0.2, 0.25) is 0 Å². The van der Waals surface area contributed by atoms with Crippen molar-refractivity contribution < 1.29 is 14.4 Å². The average molecular weight is 269 g/mol. The highest BCUT2D eigenvalue weighted by atomic mass is 35.5. The van der Waals surface area contributed by atoms with Gasteiger partial charge in [-0.1, -0.05) is 47.1 Å². The number of halogens is 1. The minimum atomic E-state index is -0.481. The van der Waals surface area contributed by atoms with E-state index >= 15 is 0 Å². The van der Waals surface area contributed by atoms with Crippen LogP contribution >= 0.6 is 11.6 Å². The van der Waals surface area contributed by atoms with Gasteiger partial charge in [0.1, 0.15) is 11.8 Å². The largest absolute Gasteiger partial charge is 0.445 e. The third kappa shape index (κ3) is 3.92. The van der Waals surface area contributed by atoms with Gasteiger partial charge in [-0.05, 0) is 5.56 Å². The number of nitrogens with one attached hydrogen (secondary N) is 1. The second-order valence-electron chi connectivity index (χ2n) is 3.84. The summed E-state index contributed by atoms with van der Waals surface area (Å²) in [6.45, 7) is 0.572. The highest BCUT2D eigenvalue weighted by molar-refractivity contribution is 6.65. The number of ether oxygens (including phenoxy) is 1. The lowest BCUT2D eigenvalue weighted by Gasteiger charge is -2.10. The Kier molecular flexibility index (Phi) is 4.41. The van der Waals surface area contributed by atoms with Crippen molar-refractivity contribution in [3.8, 4) is 0 Å². The molecule has 1 amide bonds. The molecular weight excluding hydrogens is 256 g/mol. The molecule has 1 aliphatic rings. The summed E-state index contributed by atoms with van der Waals surface area (Å²) in [5.74, 6) is 0. The molecule has 1 N–H and O–H groups in total. The Labute approximate surface area is 110 Å². The summed E-state index contributed by atoms with van der Waals surface area (Å²) < 4.78 is 5.04. The number of amides is 1. The molecule has 1 unspecified atom stereocenters. The number of benzene rings is 1. The van der Waals surface area contributed by atoms with Crippen molar-refractivity contribution in [1.82, 2.24) is 5.32 Å². The zero-order valence-corrected chi connectivity index (χ0v) is 10.4. The maximum absolute atomic E-state index is 11.4. The first kappa shape index (κ1) is 12.7. The molecule has 0 spiro atoms. The van der Waals surface area contributed by atoms with Crippen molar-refractivity contribution in [1.29, 1.82) is 0 Å². The number of carbonyl (C=O) groups is 1. The number of carbonyl (C=O) groups excluding carboxylic acids is 1. The van der Waals surface area contributed by atoms with Crippen LogP contribution in [0, 0.1) is 0 Å². The van der Waals surface area contributed by atoms with Gasteiger partial charge in [0.15, 0.2) is 6.10 Å². The standard InChI is InChI=1S/C12H13ClN2O3/c13-11-6-10(18-15-11)7-14-12(16)17-8-9-4-2-1-3-5-9/h1-5,10H,6-8H2,(H,14,16). The SMILES string of the molecule is O=C(NCC1CC(Cl)=NO1)OCc1ccccc1. The Balaban J connectivity index is 1.64. The van der Waals surface area contributed by atoms with E-state index in [1.54, 1.807) is 0 Å². The number of alkyl carbamates (subject to hydrolysis) is 1. The zero-order valence-electron chi connectivity index (χ0n) is 9.64. The van der Waals surface area contributed by atoms with Gasteiger partial charge in [0, 0.05) is 6.42 Å². The topological polar surface area (TPSA) is 59.9 Å². The van der Waals surface area contributed by atoms with Crippen LogP contribution in [-0.2, 0) is 16.2 Å². The predicted octanol–water partition coefficient (Wildman–Crippen LogP) is 2.25. The Bertz CT molecular complexity index is 436. The molecule has 0 saturated heterocycles. The molecule has 0 saturated carbocycles. The number of hydrogen-bond acceptors (Lipinski definition) is 4. The lowest BCUT2D eigenvalue weighted by molar-refractivity contribution is 0.0797. The summed E-state index contributed by atoms with van der Waals surface area (Å²) in [6, 6.07) is 9.47. The van der Waals surface area contributed by atoms with Gasteiger partial charge in [-0.15, -0.1) is 0 Å². The fourth-order valence-corrected chi connectivity index (χ4v) is 1.69. The lowest BCUT2D eigenvalue weighted by Crippen LogP contribution is -2.32. The summed E-state index contributed by atoms with van der Waals surface area (Å²) in [5.41, 5.74) is 0.941. The number of oxime groups is 1. The third-order valence-corrected chi connectivity index (χ3v) is 2.61. The lowest BCUT2D eigenvalue weighted by atomic mass is 10.2. The van der Waals surface area contributed by atoms with E-state index in [-0.39, 0.29) is 12.7 Å². The van der Waals surface area contributed by atoms with Crippen LogP contribution in [0.3, 0.4) is 0 Å². The maximum Gasteiger partial charge on any atom is 0.407 e. The molecule has 1 aromatic rings. The Morgan fingerprint density at radius 2 is 2.28 bits per heavy atom. The van der Waals surface area contributed by atoms with Crippen molar-refractivity contribution in [2.24, 2.45) is 5.16 Å². The van der Waals surface area contributed by atoms with Gasteiger partial charge in [-0.2, -0.15) is 0 Å². The fourth-order valence-electron chi connectivity index (χ4n) is 1.47. The minimum Gasteiger partial charge on any atom is -0.445 e. The first-order valence-corrected chi connectivity index (χ1v) is 5.94. The first-order chi connectivity index (χ1) is 8.74. The molecule has 96 valence electrons. The normalized spacial score (nSPS) is 17.8. The van der Waals surface area contributed by atoms with Crippen LogP contribution < -0.4 is 5.32 Å². The third-order valence-electron chi connectivity index (χ3n) is 2.38. The van der Waals surface area contributed by atoms with Gasteiger partial charge in [-0.25, -0.2) is 4.79 Å². The van der Waals surface area contributed by atoms with E-state index in [0.717, 1.165) is 5.56 Å². The molecule has 1 atom stereocenters. The zero-order chi connectivity index (χ0) is 12.8. The van der Waals surface area contributed by atoms with Crippen LogP contribution in [0.2, 0.25) is 0 Å². The minimum absolute atomic E-state index is 0.207. The number of hydrogen-bond donors (Lipinski definition) is 1. The van der Waals surface area contributed by atoms with Crippen molar-refractivity contribution >= 4 is 22.9 Å². The van der Waals surface area contributed by atoms with Crippen LogP contribution in [0.15, 0.2) is 35.5 Å². The summed E-state index contributed by atoms with van der Waals surface area (Å²) in [7, 11) is 0. The van der Waals surface area contributed by atoms with Crippen molar-refractivity contribution in [2.45, 2.75) is 19.1 Å². The van der Waals surface area contributed by atoms with E-state index < -0.39 is 6.09 Å². The molecule has 0 radical (unpaired) electrons. The molecule has 1 heterocycles. The second kappa shape index (κ2) is 6.26. The van der Waals surface area contributed by atoms with Gasteiger partial charge in [0.25, 0.3) is 0 Å². The molecule has 6 heteroatoms. The van der Waals surface area contributed by atoms with E-state index in [1.165, 1.54) is 0 Å². The highest BCUT2D eigenvalue weighted by Gasteiger charge is 2.20. The van der Waals surface area contributed by atoms with Gasteiger partial charge in [-0.3, -0.25) is 0 Å². The molecule has 0 aliphatic carbocycles. The Hall–Kier alpha value is -1.75. The van der Waals surface area contributed by atoms with E-state index in [1.807, 2.05) is 30.3 Å². The first-order valence-electron chi connectivity index (χ1n) is 5.57. The molecule has 2 rings (SSSR count). The molecule has 0 aromatic heterocycles. The summed E-state index contributed by atoms with van der Waals surface area (Å²) in [6.07, 6.45) is -0.173. The molecule has 1 aliphatic heterocycles.